The van der Waals surface area contributed by atoms with Crippen molar-refractivity contribution in [1.29, 1.82) is 0 Å². The van der Waals surface area contributed by atoms with Crippen LogP contribution in [0.15, 0.2) is 79.9 Å². The van der Waals surface area contributed by atoms with Gasteiger partial charge in [0.1, 0.15) is 17.7 Å². The maximum absolute atomic E-state index is 14.5. The smallest absolute Gasteiger partial charge is 0.313 e. The molecule has 0 aliphatic carbocycles. The number of likely N-dealkylation sites (tertiary alicyclic amines) is 1. The number of β-amino-alcohol motifs (C(OH)–C–C–N with tert-alkyl or cyclic N) is 1. The molecule has 7 atom stereocenters. The van der Waals surface area contributed by atoms with Gasteiger partial charge in [0.15, 0.2) is 0 Å². The molecule has 1 spiro atoms. The molecule has 5 rings (SSSR count). The van der Waals surface area contributed by atoms with E-state index in [0.29, 0.717) is 22.7 Å². The second kappa shape index (κ2) is 14.5. The number of ether oxygens (including phenoxy) is 2. The number of nitrogens with zero attached hydrogens (tertiary/aromatic N) is 2. The fourth-order valence-electron chi connectivity index (χ4n) is 6.92. The van der Waals surface area contributed by atoms with Gasteiger partial charge in [0.25, 0.3) is 5.91 Å². The first-order chi connectivity index (χ1) is 22.2. The number of carbonyl (C=O) groups excluding carboxylic acids is 4. The molecule has 10 nitrogen and oxygen atoms in total. The van der Waals surface area contributed by atoms with Crippen LogP contribution in [0.1, 0.15) is 30.9 Å². The van der Waals surface area contributed by atoms with E-state index in [4.69, 9.17) is 21.1 Å². The van der Waals surface area contributed by atoms with Crippen LogP contribution in [0.2, 0.25) is 5.02 Å². The lowest BCUT2D eigenvalue weighted by molar-refractivity contribution is -0.160. The first-order valence-electron chi connectivity index (χ1n) is 15.2. The number of para-hydroxylation sites is 1. The zero-order chi connectivity index (χ0) is 33.0. The van der Waals surface area contributed by atoms with Crippen molar-refractivity contribution in [3.63, 3.8) is 0 Å². The van der Waals surface area contributed by atoms with E-state index < -0.39 is 60.1 Å². The molecule has 3 aliphatic heterocycles. The Kier molecular flexibility index (Phi) is 10.7. The van der Waals surface area contributed by atoms with E-state index in [0.717, 1.165) is 0 Å². The first kappa shape index (κ1) is 33.8. The Balaban J connectivity index is 1.47. The molecule has 0 saturated carbocycles. The monoisotopic (exact) mass is 713 g/mol. The predicted molar refractivity (Wildman–Crippen MR) is 176 cm³/mol. The second-order valence-corrected chi connectivity index (χ2v) is 13.2. The van der Waals surface area contributed by atoms with Gasteiger partial charge in [-0.15, -0.1) is 13.2 Å². The molecule has 3 saturated heterocycles. The van der Waals surface area contributed by atoms with Crippen LogP contribution in [-0.2, 0) is 28.7 Å². The van der Waals surface area contributed by atoms with E-state index in [1.54, 1.807) is 60.7 Å². The third kappa shape index (κ3) is 6.25. The lowest BCUT2D eigenvalue weighted by atomic mass is 9.70. The lowest BCUT2D eigenvalue weighted by Gasteiger charge is -2.37. The Labute approximate surface area is 281 Å². The minimum atomic E-state index is -1.37. The molecule has 3 aliphatic rings. The highest BCUT2D eigenvalue weighted by Gasteiger charge is 2.77. The highest BCUT2D eigenvalue weighted by Crippen LogP contribution is 2.60. The maximum Gasteiger partial charge on any atom is 0.313 e. The number of alkyl halides is 1. The second-order valence-electron chi connectivity index (χ2n) is 11.6. The van der Waals surface area contributed by atoms with Crippen molar-refractivity contribution in [2.45, 2.75) is 47.9 Å². The molecule has 3 amide bonds. The zero-order valence-electron chi connectivity index (χ0n) is 25.2. The molecule has 0 aromatic heterocycles. The fraction of sp³-hybridized carbons (Fsp3) is 0.412. The number of benzene rings is 2. The van der Waals surface area contributed by atoms with Crippen molar-refractivity contribution in [1.82, 2.24) is 10.2 Å². The number of esters is 1. The first-order valence-corrected chi connectivity index (χ1v) is 16.5. The molecule has 2 aromatic rings. The van der Waals surface area contributed by atoms with Gasteiger partial charge in [-0.2, -0.15) is 0 Å². The average molecular weight is 715 g/mol. The van der Waals surface area contributed by atoms with Crippen molar-refractivity contribution >= 4 is 56.9 Å². The summed E-state index contributed by atoms with van der Waals surface area (Å²) in [6.45, 7) is 7.04. The summed E-state index contributed by atoms with van der Waals surface area (Å²) in [7, 11) is 0. The molecule has 2 N–H and O–H groups in total. The van der Waals surface area contributed by atoms with Gasteiger partial charge in [0.2, 0.25) is 11.8 Å². The van der Waals surface area contributed by atoms with Gasteiger partial charge >= 0.3 is 5.97 Å². The third-order valence-corrected chi connectivity index (χ3v) is 10.0. The number of fused-ring (bicyclic) bond motifs is 1. The quantitative estimate of drug-likeness (QED) is 0.173. The Morgan fingerprint density at radius 2 is 1.89 bits per heavy atom. The van der Waals surface area contributed by atoms with Crippen molar-refractivity contribution < 1.29 is 33.8 Å². The van der Waals surface area contributed by atoms with Gasteiger partial charge in [-0.1, -0.05) is 82.1 Å². The van der Waals surface area contributed by atoms with Gasteiger partial charge < -0.3 is 29.7 Å². The number of hydrogen-bond acceptors (Lipinski definition) is 7. The number of hydrogen-bond donors (Lipinski definition) is 2. The van der Waals surface area contributed by atoms with Gasteiger partial charge in [0.05, 0.1) is 41.8 Å². The van der Waals surface area contributed by atoms with E-state index in [1.807, 2.05) is 6.07 Å². The zero-order valence-corrected chi connectivity index (χ0v) is 27.6. The van der Waals surface area contributed by atoms with Crippen LogP contribution in [0.5, 0.6) is 0 Å². The topological polar surface area (TPSA) is 125 Å². The molecule has 3 fully saturated rings. The van der Waals surface area contributed by atoms with Gasteiger partial charge in [-0.05, 0) is 30.5 Å². The highest BCUT2D eigenvalue weighted by atomic mass is 79.9. The van der Waals surface area contributed by atoms with E-state index in [1.165, 1.54) is 9.80 Å². The Morgan fingerprint density at radius 1 is 1.17 bits per heavy atom. The molecule has 1 unspecified atom stereocenters. The third-order valence-electron chi connectivity index (χ3n) is 8.85. The summed E-state index contributed by atoms with van der Waals surface area (Å²) in [4.78, 5) is 57.6. The largest absolute Gasteiger partial charge is 0.455 e. The van der Waals surface area contributed by atoms with E-state index in [-0.39, 0.29) is 43.2 Å². The maximum atomic E-state index is 14.5. The summed E-state index contributed by atoms with van der Waals surface area (Å²) in [5.74, 6) is -3.89. The fourth-order valence-corrected chi connectivity index (χ4v) is 8.10. The van der Waals surface area contributed by atoms with Crippen molar-refractivity contribution in [3.8, 4) is 0 Å². The molecule has 3 heterocycles. The minimum Gasteiger partial charge on any atom is -0.455 e. The van der Waals surface area contributed by atoms with Crippen LogP contribution in [0.25, 0.3) is 0 Å². The number of carbonyl (C=O) groups is 4. The Morgan fingerprint density at radius 3 is 2.57 bits per heavy atom. The standard InChI is InChI=1S/C34H37BrClN3O7/c1-3-5-15-26(41)37-20-25(21-11-7-6-8-12-21)45-33(44)27-28-31(42)39(17-18-40)30(34(28)19-22(35)29(27)46-34)32(43)38(16-4-2)24-14-10-9-13-23(24)36/h3-4,6-14,22,25,27-30,40H,1-2,5,15-20H2,(H,37,41)/t22?,25-,27+,28-,29+,30+,34-/m1/s1. The number of nitrogens with one attached hydrogen (secondary N) is 1. The lowest BCUT2D eigenvalue weighted by Crippen LogP contribution is -2.57. The Hall–Kier alpha value is -3.51. The van der Waals surface area contributed by atoms with Crippen LogP contribution in [0.3, 0.4) is 0 Å². The summed E-state index contributed by atoms with van der Waals surface area (Å²) >= 11 is 10.2. The molecular weight excluding hydrogens is 678 g/mol. The number of rotatable bonds is 14. The number of anilines is 1. The summed E-state index contributed by atoms with van der Waals surface area (Å²) in [5.41, 5.74) is -0.264. The average Bonchev–Trinajstić information content (AvgIpc) is 3.64. The van der Waals surface area contributed by atoms with Gasteiger partial charge in [-0.25, -0.2) is 0 Å². The minimum absolute atomic E-state index is 0.0254. The van der Waals surface area contributed by atoms with E-state index >= 15 is 0 Å². The van der Waals surface area contributed by atoms with Crippen molar-refractivity contribution in [2.75, 3.05) is 31.1 Å². The molecule has 244 valence electrons. The predicted octanol–water partition coefficient (Wildman–Crippen LogP) is 3.97. The van der Waals surface area contributed by atoms with Crippen LogP contribution in [0.4, 0.5) is 5.69 Å². The SMILES string of the molecule is C=CCCC(=O)NC[C@@H](OC(=O)[C@@H]1[C@H]2O[C@@]3(CC2Br)[C@H](C(=O)N(CC=C)c2ccccc2Cl)N(CCO)C(=O)[C@@H]13)c1ccccc1. The molecular formula is C34H37BrClN3O7. The van der Waals surface area contributed by atoms with Crippen LogP contribution in [0, 0.1) is 11.8 Å². The number of halogens is 2. The number of allylic oxidation sites excluding steroid dienone is 1. The molecule has 46 heavy (non-hydrogen) atoms. The number of aliphatic hydroxyl groups is 1. The van der Waals surface area contributed by atoms with Crippen molar-refractivity contribution in [2.24, 2.45) is 11.8 Å². The normalized spacial score (nSPS) is 26.7. The van der Waals surface area contributed by atoms with Crippen molar-refractivity contribution in [3.05, 3.63) is 90.5 Å². The van der Waals surface area contributed by atoms with E-state index in [2.05, 4.69) is 34.4 Å². The molecule has 0 radical (unpaired) electrons. The summed E-state index contributed by atoms with van der Waals surface area (Å²) in [6, 6.07) is 14.7. The van der Waals surface area contributed by atoms with Crippen LogP contribution < -0.4 is 10.2 Å². The van der Waals surface area contributed by atoms with Crippen LogP contribution >= 0.6 is 27.5 Å². The molecule has 2 aromatic carbocycles. The molecule has 2 bridgehead atoms. The summed E-state index contributed by atoms with van der Waals surface area (Å²) in [5, 5.41) is 13.1. The van der Waals surface area contributed by atoms with Gasteiger partial charge in [0, 0.05) is 24.3 Å². The highest BCUT2D eigenvalue weighted by molar-refractivity contribution is 9.09. The number of aliphatic hydroxyl groups excluding tert-OH is 1. The number of amides is 3. The van der Waals surface area contributed by atoms with Gasteiger partial charge in [-0.3, -0.25) is 19.2 Å². The summed E-state index contributed by atoms with van der Waals surface area (Å²) < 4.78 is 12.6. The molecule has 12 heteroatoms. The van der Waals surface area contributed by atoms with E-state index in [9.17, 15) is 24.3 Å². The Bertz CT molecular complexity index is 1490. The van der Waals surface area contributed by atoms with Crippen LogP contribution in [-0.4, -0.2) is 82.5 Å². The summed E-state index contributed by atoms with van der Waals surface area (Å²) in [6.07, 6.45) is 2.65.